The van der Waals surface area contributed by atoms with Gasteiger partial charge in [0, 0.05) is 23.7 Å². The van der Waals surface area contributed by atoms with Crippen molar-refractivity contribution in [1.29, 1.82) is 0 Å². The summed E-state index contributed by atoms with van der Waals surface area (Å²) in [5, 5.41) is 8.27. The van der Waals surface area contributed by atoms with E-state index in [9.17, 15) is 0 Å². The van der Waals surface area contributed by atoms with Crippen LogP contribution in [0.1, 0.15) is 25.3 Å². The largest absolute Gasteiger partial charge is 0.484 e. The molecule has 0 aliphatic rings. The zero-order valence-electron chi connectivity index (χ0n) is 11.3. The maximum Gasteiger partial charge on any atom is 0.174 e. The molecule has 0 spiro atoms. The normalized spacial score (nSPS) is 11.1. The summed E-state index contributed by atoms with van der Waals surface area (Å²) in [5.41, 5.74) is 0.847. The number of nitrogens with zero attached hydrogens (tertiary/aromatic N) is 1. The Hall–Kier alpha value is -1.23. The monoisotopic (exact) mass is 314 g/mol. The van der Waals surface area contributed by atoms with Crippen LogP contribution in [0.2, 0.25) is 10.0 Å². The molecule has 1 aromatic carbocycles. The van der Waals surface area contributed by atoms with Crippen molar-refractivity contribution in [2.24, 2.45) is 0 Å². The van der Waals surface area contributed by atoms with Crippen LogP contribution in [-0.2, 0) is 13.2 Å². The van der Waals surface area contributed by atoms with Crippen molar-refractivity contribution in [3.8, 4) is 5.75 Å². The minimum absolute atomic E-state index is 0.274. The van der Waals surface area contributed by atoms with Crippen LogP contribution in [0.5, 0.6) is 5.75 Å². The van der Waals surface area contributed by atoms with Gasteiger partial charge in [-0.05, 0) is 18.2 Å². The second kappa shape index (κ2) is 6.97. The van der Waals surface area contributed by atoms with Crippen molar-refractivity contribution in [2.75, 3.05) is 0 Å². The zero-order valence-corrected chi connectivity index (χ0v) is 12.8. The molecule has 20 heavy (non-hydrogen) atoms. The lowest BCUT2D eigenvalue weighted by atomic mass is 10.3. The quantitative estimate of drug-likeness (QED) is 0.873. The second-order valence-corrected chi connectivity index (χ2v) is 5.53. The van der Waals surface area contributed by atoms with Crippen LogP contribution in [0.25, 0.3) is 0 Å². The summed E-state index contributed by atoms with van der Waals surface area (Å²) < 4.78 is 10.8. The molecule has 2 aromatic rings. The predicted molar refractivity (Wildman–Crippen MR) is 79.3 cm³/mol. The van der Waals surface area contributed by atoms with E-state index in [1.54, 1.807) is 18.2 Å². The topological polar surface area (TPSA) is 47.3 Å². The Morgan fingerprint density at radius 2 is 2.10 bits per heavy atom. The van der Waals surface area contributed by atoms with Gasteiger partial charge in [0.15, 0.2) is 5.76 Å². The van der Waals surface area contributed by atoms with Gasteiger partial charge in [0.25, 0.3) is 0 Å². The van der Waals surface area contributed by atoms with Gasteiger partial charge in [-0.3, -0.25) is 0 Å². The first kappa shape index (κ1) is 15.2. The highest BCUT2D eigenvalue weighted by Gasteiger charge is 2.07. The summed E-state index contributed by atoms with van der Waals surface area (Å²) in [6.45, 7) is 5.10. The summed E-state index contributed by atoms with van der Waals surface area (Å²) in [6, 6.07) is 7.35. The van der Waals surface area contributed by atoms with Crippen LogP contribution in [0.3, 0.4) is 0 Å². The predicted octanol–water partition coefficient (Wildman–Crippen LogP) is 4.06. The lowest BCUT2D eigenvalue weighted by Crippen LogP contribution is -2.21. The van der Waals surface area contributed by atoms with Crippen molar-refractivity contribution in [2.45, 2.75) is 33.0 Å². The van der Waals surface area contributed by atoms with Gasteiger partial charge in [-0.1, -0.05) is 42.2 Å². The fourth-order valence-corrected chi connectivity index (χ4v) is 2.02. The molecule has 0 saturated heterocycles. The Balaban J connectivity index is 1.90. The number of benzene rings is 1. The van der Waals surface area contributed by atoms with Crippen LogP contribution in [0.4, 0.5) is 0 Å². The maximum atomic E-state index is 6.02. The van der Waals surface area contributed by atoms with Crippen LogP contribution in [0, 0.1) is 0 Å². The summed E-state index contributed by atoms with van der Waals surface area (Å²) in [4.78, 5) is 0. The molecule has 0 aliphatic carbocycles. The third-order valence-electron chi connectivity index (χ3n) is 2.56. The molecule has 4 nitrogen and oxygen atoms in total. The molecule has 6 heteroatoms. The highest BCUT2D eigenvalue weighted by atomic mass is 35.5. The fourth-order valence-electron chi connectivity index (χ4n) is 1.56. The molecule has 0 fully saturated rings. The maximum absolute atomic E-state index is 6.02. The molecule has 0 unspecified atom stereocenters. The summed E-state index contributed by atoms with van der Waals surface area (Å²) >= 11 is 11.8. The number of nitrogens with one attached hydrogen (secondary N) is 1. The van der Waals surface area contributed by atoms with Crippen LogP contribution < -0.4 is 10.1 Å². The van der Waals surface area contributed by atoms with E-state index in [0.29, 0.717) is 34.1 Å². The Kier molecular flexibility index (Phi) is 5.29. The van der Waals surface area contributed by atoms with E-state index in [2.05, 4.69) is 24.3 Å². The Morgan fingerprint density at radius 1 is 1.30 bits per heavy atom. The third-order valence-corrected chi connectivity index (χ3v) is 3.09. The Morgan fingerprint density at radius 3 is 2.80 bits per heavy atom. The minimum atomic E-state index is 0.274. The van der Waals surface area contributed by atoms with Gasteiger partial charge in [0.05, 0.1) is 10.7 Å². The number of rotatable bonds is 6. The molecule has 108 valence electrons. The van der Waals surface area contributed by atoms with E-state index in [1.165, 1.54) is 0 Å². The van der Waals surface area contributed by atoms with E-state index in [0.717, 1.165) is 5.69 Å². The first-order valence-corrected chi connectivity index (χ1v) is 7.06. The number of hydrogen-bond acceptors (Lipinski definition) is 4. The number of halogens is 2. The van der Waals surface area contributed by atoms with Gasteiger partial charge in [0.2, 0.25) is 0 Å². The van der Waals surface area contributed by atoms with Crippen molar-refractivity contribution in [3.63, 3.8) is 0 Å². The van der Waals surface area contributed by atoms with Gasteiger partial charge in [0.1, 0.15) is 12.4 Å². The zero-order chi connectivity index (χ0) is 14.5. The first-order valence-electron chi connectivity index (χ1n) is 6.30. The van der Waals surface area contributed by atoms with Gasteiger partial charge in [-0.25, -0.2) is 0 Å². The average molecular weight is 315 g/mol. The standard InChI is InChI=1S/C14H16Cl2N2O2/c1-9(2)17-7-11-6-12(20-18-11)8-19-14-4-3-10(15)5-13(14)16/h3-6,9,17H,7-8H2,1-2H3. The van der Waals surface area contributed by atoms with Crippen molar-refractivity contribution in [3.05, 3.63) is 45.8 Å². The molecule has 0 atom stereocenters. The fraction of sp³-hybridized carbons (Fsp3) is 0.357. The summed E-state index contributed by atoms with van der Waals surface area (Å²) in [5.74, 6) is 1.21. The smallest absolute Gasteiger partial charge is 0.174 e. The number of hydrogen-bond donors (Lipinski definition) is 1. The van der Waals surface area contributed by atoms with Crippen LogP contribution >= 0.6 is 23.2 Å². The van der Waals surface area contributed by atoms with Crippen molar-refractivity contribution < 1.29 is 9.26 Å². The molecule has 0 amide bonds. The van der Waals surface area contributed by atoms with Crippen molar-refractivity contribution in [1.82, 2.24) is 10.5 Å². The molecular weight excluding hydrogens is 299 g/mol. The molecule has 1 heterocycles. The van der Waals surface area contributed by atoms with E-state index in [1.807, 2.05) is 6.07 Å². The van der Waals surface area contributed by atoms with Crippen LogP contribution in [-0.4, -0.2) is 11.2 Å². The lowest BCUT2D eigenvalue weighted by molar-refractivity contribution is 0.248. The van der Waals surface area contributed by atoms with Gasteiger partial charge < -0.3 is 14.6 Å². The Bertz CT molecular complexity index is 570. The summed E-state index contributed by atoms with van der Waals surface area (Å²) in [7, 11) is 0. The molecule has 0 radical (unpaired) electrons. The van der Waals surface area contributed by atoms with Gasteiger partial charge >= 0.3 is 0 Å². The average Bonchev–Trinajstić information content (AvgIpc) is 2.83. The van der Waals surface area contributed by atoms with Crippen LogP contribution in [0.15, 0.2) is 28.8 Å². The molecule has 1 aromatic heterocycles. The highest BCUT2D eigenvalue weighted by Crippen LogP contribution is 2.28. The van der Waals surface area contributed by atoms with E-state index < -0.39 is 0 Å². The van der Waals surface area contributed by atoms with Gasteiger partial charge in [-0.2, -0.15) is 0 Å². The molecule has 0 bridgehead atoms. The van der Waals surface area contributed by atoms with E-state index >= 15 is 0 Å². The summed E-state index contributed by atoms with van der Waals surface area (Å²) in [6.07, 6.45) is 0. The van der Waals surface area contributed by atoms with Gasteiger partial charge in [-0.15, -0.1) is 0 Å². The third kappa shape index (κ3) is 4.40. The Labute approximate surface area is 128 Å². The van der Waals surface area contributed by atoms with Crippen molar-refractivity contribution >= 4 is 23.2 Å². The number of aromatic nitrogens is 1. The lowest BCUT2D eigenvalue weighted by Gasteiger charge is -2.05. The molecular formula is C14H16Cl2N2O2. The molecule has 1 N–H and O–H groups in total. The number of ether oxygens (including phenoxy) is 1. The van der Waals surface area contributed by atoms with E-state index in [4.69, 9.17) is 32.5 Å². The second-order valence-electron chi connectivity index (χ2n) is 4.68. The first-order chi connectivity index (χ1) is 9.54. The molecule has 0 aliphatic heterocycles. The molecule has 2 rings (SSSR count). The highest BCUT2D eigenvalue weighted by molar-refractivity contribution is 6.35. The molecule has 0 saturated carbocycles. The SMILES string of the molecule is CC(C)NCc1cc(COc2ccc(Cl)cc2Cl)on1. The van der Waals surface area contributed by atoms with E-state index in [-0.39, 0.29) is 6.61 Å². The minimum Gasteiger partial charge on any atom is -0.484 e.